The number of benzene rings is 1. The maximum atomic E-state index is 12.6. The van der Waals surface area contributed by atoms with E-state index in [0.29, 0.717) is 18.6 Å². The van der Waals surface area contributed by atoms with Crippen LogP contribution < -0.4 is 10.6 Å². The predicted molar refractivity (Wildman–Crippen MR) is 84.6 cm³/mol. The van der Waals surface area contributed by atoms with Gasteiger partial charge < -0.3 is 20.0 Å². The number of nitrogens with one attached hydrogen (secondary N) is 2. The Kier molecular flexibility index (Phi) is 3.50. The van der Waals surface area contributed by atoms with E-state index in [2.05, 4.69) is 15.5 Å². The Morgan fingerprint density at radius 2 is 2.14 bits per heavy atom. The van der Waals surface area contributed by atoms with Crippen LogP contribution in [0.5, 0.6) is 0 Å². The summed E-state index contributed by atoms with van der Waals surface area (Å²) in [7, 11) is 0. The molecule has 1 aromatic carbocycles. The van der Waals surface area contributed by atoms with Gasteiger partial charge >= 0.3 is 6.03 Å². The van der Waals surface area contributed by atoms with Gasteiger partial charge in [0, 0.05) is 36.1 Å². The van der Waals surface area contributed by atoms with Crippen molar-refractivity contribution in [3.05, 3.63) is 36.1 Å². The molecule has 2 aliphatic heterocycles. The minimum atomic E-state index is 0.0569. The number of rotatable bonds is 2. The molecule has 1 aromatic heterocycles. The molecule has 2 aliphatic rings. The van der Waals surface area contributed by atoms with Gasteiger partial charge in [-0.25, -0.2) is 4.79 Å². The van der Waals surface area contributed by atoms with Crippen LogP contribution in [-0.4, -0.2) is 36.1 Å². The maximum absolute atomic E-state index is 12.6. The van der Waals surface area contributed by atoms with E-state index in [4.69, 9.17) is 4.42 Å². The first-order chi connectivity index (χ1) is 10.8. The van der Waals surface area contributed by atoms with Crippen LogP contribution in [-0.2, 0) is 6.54 Å². The van der Waals surface area contributed by atoms with Crippen LogP contribution in [0.3, 0.4) is 0 Å². The SMILES string of the molecule is O=C(NCc1coc2ccccc12)N1C2CCNCC1CC2. The minimum Gasteiger partial charge on any atom is -0.464 e. The molecule has 2 aromatic rings. The number of hydrogen-bond acceptors (Lipinski definition) is 3. The molecule has 0 spiro atoms. The predicted octanol–water partition coefficient (Wildman–Crippen LogP) is 2.47. The Bertz CT molecular complexity index is 667. The van der Waals surface area contributed by atoms with Crippen LogP contribution in [0.4, 0.5) is 4.79 Å². The Morgan fingerprint density at radius 3 is 3.09 bits per heavy atom. The standard InChI is InChI=1S/C17H21N3O2/c21-17(20-13-5-6-14(20)10-18-8-7-13)19-9-12-11-22-16-4-2-1-3-15(12)16/h1-4,11,13-14,18H,5-10H2,(H,19,21). The van der Waals surface area contributed by atoms with Crippen LogP contribution >= 0.6 is 0 Å². The fraction of sp³-hybridized carbons (Fsp3) is 0.471. The minimum absolute atomic E-state index is 0.0569. The number of amides is 2. The van der Waals surface area contributed by atoms with E-state index >= 15 is 0 Å². The van der Waals surface area contributed by atoms with E-state index in [1.165, 1.54) is 0 Å². The lowest BCUT2D eigenvalue weighted by atomic mass is 10.1. The van der Waals surface area contributed by atoms with Crippen molar-refractivity contribution in [1.29, 1.82) is 0 Å². The molecule has 5 heteroatoms. The third-order valence-electron chi connectivity index (χ3n) is 4.88. The lowest BCUT2D eigenvalue weighted by molar-refractivity contribution is 0.176. The van der Waals surface area contributed by atoms with Gasteiger partial charge in [0.05, 0.1) is 6.26 Å². The summed E-state index contributed by atoms with van der Waals surface area (Å²) in [6.07, 6.45) is 5.04. The van der Waals surface area contributed by atoms with Gasteiger partial charge in [-0.15, -0.1) is 0 Å². The highest BCUT2D eigenvalue weighted by Crippen LogP contribution is 2.28. The van der Waals surface area contributed by atoms with Crippen molar-refractivity contribution in [2.45, 2.75) is 37.9 Å². The summed E-state index contributed by atoms with van der Waals surface area (Å²) in [4.78, 5) is 14.7. The van der Waals surface area contributed by atoms with Gasteiger partial charge in [0.1, 0.15) is 5.58 Å². The molecule has 2 saturated heterocycles. The van der Waals surface area contributed by atoms with E-state index in [0.717, 1.165) is 48.9 Å². The van der Waals surface area contributed by atoms with Crippen LogP contribution in [0.15, 0.2) is 34.9 Å². The number of hydrogen-bond donors (Lipinski definition) is 2. The molecule has 2 fully saturated rings. The molecule has 2 atom stereocenters. The van der Waals surface area contributed by atoms with E-state index in [-0.39, 0.29) is 6.03 Å². The van der Waals surface area contributed by atoms with Crippen LogP contribution in [0.2, 0.25) is 0 Å². The van der Waals surface area contributed by atoms with Crippen molar-refractivity contribution in [1.82, 2.24) is 15.5 Å². The maximum Gasteiger partial charge on any atom is 0.318 e. The molecule has 2 bridgehead atoms. The van der Waals surface area contributed by atoms with E-state index < -0.39 is 0 Å². The number of carbonyl (C=O) groups is 1. The van der Waals surface area contributed by atoms with Gasteiger partial charge in [-0.3, -0.25) is 0 Å². The number of nitrogens with zero attached hydrogens (tertiary/aromatic N) is 1. The van der Waals surface area contributed by atoms with Crippen molar-refractivity contribution >= 4 is 17.0 Å². The Labute approximate surface area is 129 Å². The number of urea groups is 1. The lowest BCUT2D eigenvalue weighted by Crippen LogP contribution is -2.47. The second-order valence-electron chi connectivity index (χ2n) is 6.20. The van der Waals surface area contributed by atoms with Crippen LogP contribution in [0.25, 0.3) is 11.0 Å². The topological polar surface area (TPSA) is 57.5 Å². The average Bonchev–Trinajstić information content (AvgIpc) is 3.05. The van der Waals surface area contributed by atoms with E-state index in [1.54, 1.807) is 6.26 Å². The summed E-state index contributed by atoms with van der Waals surface area (Å²) < 4.78 is 5.53. The second-order valence-corrected chi connectivity index (χ2v) is 6.20. The van der Waals surface area contributed by atoms with Gasteiger partial charge in [0.15, 0.2) is 0 Å². The molecule has 0 saturated carbocycles. The number of para-hydroxylation sites is 1. The fourth-order valence-corrected chi connectivity index (χ4v) is 3.75. The summed E-state index contributed by atoms with van der Waals surface area (Å²) in [5.41, 5.74) is 1.90. The first kappa shape index (κ1) is 13.6. The molecule has 116 valence electrons. The third kappa shape index (κ3) is 2.35. The van der Waals surface area contributed by atoms with Crippen molar-refractivity contribution in [2.75, 3.05) is 13.1 Å². The summed E-state index contributed by atoms with van der Waals surface area (Å²) in [6.45, 7) is 2.44. The van der Waals surface area contributed by atoms with Crippen molar-refractivity contribution < 1.29 is 9.21 Å². The smallest absolute Gasteiger partial charge is 0.318 e. The fourth-order valence-electron chi connectivity index (χ4n) is 3.75. The summed E-state index contributed by atoms with van der Waals surface area (Å²) >= 11 is 0. The summed E-state index contributed by atoms with van der Waals surface area (Å²) in [5, 5.41) is 7.57. The summed E-state index contributed by atoms with van der Waals surface area (Å²) in [5.74, 6) is 0. The normalized spacial score (nSPS) is 24.5. The molecular formula is C17H21N3O2. The first-order valence-electron chi connectivity index (χ1n) is 8.05. The van der Waals surface area contributed by atoms with Gasteiger partial charge in [-0.2, -0.15) is 0 Å². The van der Waals surface area contributed by atoms with E-state index in [1.807, 2.05) is 24.3 Å². The molecule has 2 unspecified atom stereocenters. The monoisotopic (exact) mass is 299 g/mol. The first-order valence-corrected chi connectivity index (χ1v) is 8.05. The van der Waals surface area contributed by atoms with Gasteiger partial charge in [0.25, 0.3) is 0 Å². The van der Waals surface area contributed by atoms with Crippen LogP contribution in [0.1, 0.15) is 24.8 Å². The molecule has 22 heavy (non-hydrogen) atoms. The number of carbonyl (C=O) groups excluding carboxylic acids is 1. The molecule has 0 radical (unpaired) electrons. The van der Waals surface area contributed by atoms with Crippen LogP contribution in [0, 0.1) is 0 Å². The van der Waals surface area contributed by atoms with E-state index in [9.17, 15) is 4.79 Å². The molecule has 0 aliphatic carbocycles. The second kappa shape index (κ2) is 5.65. The highest BCUT2D eigenvalue weighted by atomic mass is 16.3. The highest BCUT2D eigenvalue weighted by Gasteiger charge is 2.37. The molecule has 4 rings (SSSR count). The Balaban J connectivity index is 1.46. The molecule has 2 N–H and O–H groups in total. The van der Waals surface area contributed by atoms with Crippen molar-refractivity contribution in [3.8, 4) is 0 Å². The molecule has 5 nitrogen and oxygen atoms in total. The number of fused-ring (bicyclic) bond motifs is 3. The lowest BCUT2D eigenvalue weighted by Gasteiger charge is -2.27. The van der Waals surface area contributed by atoms with Gasteiger partial charge in [0.2, 0.25) is 0 Å². The Hall–Kier alpha value is -2.01. The quantitative estimate of drug-likeness (QED) is 0.895. The Morgan fingerprint density at radius 1 is 1.27 bits per heavy atom. The van der Waals surface area contributed by atoms with Crippen molar-refractivity contribution in [3.63, 3.8) is 0 Å². The molecule has 3 heterocycles. The van der Waals surface area contributed by atoms with Crippen molar-refractivity contribution in [2.24, 2.45) is 0 Å². The van der Waals surface area contributed by atoms with Gasteiger partial charge in [-0.1, -0.05) is 18.2 Å². The third-order valence-corrected chi connectivity index (χ3v) is 4.88. The highest BCUT2D eigenvalue weighted by molar-refractivity contribution is 5.82. The largest absolute Gasteiger partial charge is 0.464 e. The van der Waals surface area contributed by atoms with Gasteiger partial charge in [-0.05, 0) is 31.9 Å². The zero-order valence-electron chi connectivity index (χ0n) is 12.5. The zero-order chi connectivity index (χ0) is 14.9. The molecule has 2 amide bonds. The summed E-state index contributed by atoms with van der Waals surface area (Å²) in [6, 6.07) is 8.71. The molecular weight excluding hydrogens is 278 g/mol. The average molecular weight is 299 g/mol. The zero-order valence-corrected chi connectivity index (χ0v) is 12.5. The number of furan rings is 1.